The van der Waals surface area contributed by atoms with Crippen LogP contribution in [0.4, 0.5) is 9.59 Å². The van der Waals surface area contributed by atoms with E-state index in [-0.39, 0.29) is 3.58 Å². The quantitative estimate of drug-likeness (QED) is 0.829. The van der Waals surface area contributed by atoms with Crippen LogP contribution in [0.25, 0.3) is 0 Å². The van der Waals surface area contributed by atoms with Gasteiger partial charge in [-0.05, 0) is 0 Å². The maximum absolute atomic E-state index is 10.8. The van der Waals surface area contributed by atoms with E-state index >= 15 is 0 Å². The van der Waals surface area contributed by atoms with Crippen molar-refractivity contribution in [2.24, 2.45) is 0 Å². The number of rotatable bonds is 3. The molecule has 0 aliphatic heterocycles. The number of benzene rings is 1. The molecule has 0 spiro atoms. The van der Waals surface area contributed by atoms with Crippen LogP contribution in [0, 0.1) is 0 Å². The van der Waals surface area contributed by atoms with Gasteiger partial charge in [-0.2, -0.15) is 0 Å². The zero-order valence-corrected chi connectivity index (χ0v) is 10.6. The van der Waals surface area contributed by atoms with Crippen molar-refractivity contribution in [1.82, 2.24) is 0 Å². The molecule has 0 atom stereocenters. The molecule has 1 rings (SSSR count). The average molecular weight is 321 g/mol. The number of carbonyl (C=O) groups is 2. The molecule has 0 aromatic heterocycles. The van der Waals surface area contributed by atoms with Crippen molar-refractivity contribution < 1.29 is 19.8 Å². The first-order valence-electron chi connectivity index (χ1n) is 3.71. The minimum atomic E-state index is -4.78. The summed E-state index contributed by atoms with van der Waals surface area (Å²) in [6.45, 7) is 0. The number of hydrogen-bond donors (Lipinski definition) is 2. The van der Waals surface area contributed by atoms with Crippen LogP contribution in [0.15, 0.2) is 30.3 Å². The van der Waals surface area contributed by atoms with Crippen LogP contribution in [0.2, 0.25) is 0 Å². The van der Waals surface area contributed by atoms with E-state index in [4.69, 9.17) is 19.1 Å². The van der Waals surface area contributed by atoms with Crippen LogP contribution >= 0.6 is 8.92 Å². The molecule has 0 saturated carbocycles. The first kappa shape index (κ1) is 11.3. The van der Waals surface area contributed by atoms with Gasteiger partial charge in [-0.1, -0.05) is 0 Å². The van der Waals surface area contributed by atoms with Crippen LogP contribution in [-0.2, 0) is 0 Å². The third-order valence-electron chi connectivity index (χ3n) is 1.76. The molecule has 4 nitrogen and oxygen atoms in total. The molecule has 0 heterocycles. The fraction of sp³-hybridized carbons (Fsp3) is 0. The monoisotopic (exact) mass is 322 g/mol. The van der Waals surface area contributed by atoms with Crippen molar-refractivity contribution in [1.29, 1.82) is 0 Å². The maximum atomic E-state index is 10.8. The van der Waals surface area contributed by atoms with E-state index in [0.717, 1.165) is 0 Å². The fourth-order valence-electron chi connectivity index (χ4n) is 1.01. The first-order chi connectivity index (χ1) is 6.49. The standard InChI is InChI=1S/C6H5.2CHO2.ClH.Sn/c1-2-4-6-5-3-1;2*2-1-3;;/h1-5H;2*(H,2,3);1H;/q;;;;+1/p-1. The van der Waals surface area contributed by atoms with Crippen LogP contribution in [0.5, 0.6) is 0 Å². The van der Waals surface area contributed by atoms with Gasteiger partial charge in [0, 0.05) is 0 Å². The van der Waals surface area contributed by atoms with E-state index < -0.39 is 25.2 Å². The van der Waals surface area contributed by atoms with Crippen LogP contribution in [-0.4, -0.2) is 35.4 Å². The van der Waals surface area contributed by atoms with Gasteiger partial charge in [-0.15, -0.1) is 0 Å². The fourth-order valence-corrected chi connectivity index (χ4v) is 5.64. The normalized spacial score (nSPS) is 10.9. The Bertz CT molecular complexity index is 351. The molecule has 14 heavy (non-hydrogen) atoms. The van der Waals surface area contributed by atoms with E-state index in [0.29, 0.717) is 0 Å². The van der Waals surface area contributed by atoms with Crippen LogP contribution < -0.4 is 3.58 Å². The first-order valence-corrected chi connectivity index (χ1v) is 11.6. The minimum absolute atomic E-state index is 0.239. The van der Waals surface area contributed by atoms with Gasteiger partial charge in [0.25, 0.3) is 0 Å². The van der Waals surface area contributed by atoms with E-state index in [1.807, 2.05) is 0 Å². The van der Waals surface area contributed by atoms with Crippen molar-refractivity contribution in [3.05, 3.63) is 30.3 Å². The summed E-state index contributed by atoms with van der Waals surface area (Å²) in [6, 6.07) is 7.73. The van der Waals surface area contributed by atoms with E-state index in [9.17, 15) is 9.59 Å². The molecule has 0 saturated heterocycles. The summed E-state index contributed by atoms with van der Waals surface area (Å²) in [6.07, 6.45) is 0. The average Bonchev–Trinajstić information content (AvgIpc) is 2.17. The van der Waals surface area contributed by atoms with Crippen molar-refractivity contribution in [2.45, 2.75) is 0 Å². The van der Waals surface area contributed by atoms with Gasteiger partial charge in [0.15, 0.2) is 0 Å². The Hall–Kier alpha value is -0.751. The number of carboxylic acid groups (broad SMARTS) is 2. The van der Waals surface area contributed by atoms with Crippen molar-refractivity contribution >= 4 is 37.7 Å². The van der Waals surface area contributed by atoms with E-state index in [1.54, 1.807) is 18.2 Å². The van der Waals surface area contributed by atoms with Gasteiger partial charge in [0.1, 0.15) is 0 Å². The second kappa shape index (κ2) is 4.18. The summed E-state index contributed by atoms with van der Waals surface area (Å²) in [7, 11) is 5.75. The van der Waals surface area contributed by atoms with E-state index in [1.165, 1.54) is 12.1 Å². The van der Waals surface area contributed by atoms with Gasteiger partial charge in [0.05, 0.1) is 0 Å². The molecule has 6 heteroatoms. The number of halogens is 1. The van der Waals surface area contributed by atoms with Gasteiger partial charge >= 0.3 is 87.9 Å². The van der Waals surface area contributed by atoms with Crippen molar-refractivity contribution in [3.8, 4) is 0 Å². The van der Waals surface area contributed by atoms with Crippen LogP contribution in [0.1, 0.15) is 0 Å². The molecule has 2 N–H and O–H groups in total. The molecule has 0 amide bonds. The topological polar surface area (TPSA) is 74.6 Å². The second-order valence-corrected chi connectivity index (χ2v) is 14.3. The Morgan fingerprint density at radius 2 is 1.50 bits per heavy atom. The molecule has 0 aliphatic carbocycles. The molecule has 0 bridgehead atoms. The summed E-state index contributed by atoms with van der Waals surface area (Å²) in [5.74, 6) is 0. The third-order valence-corrected chi connectivity index (χ3v) is 12.0. The second-order valence-electron chi connectivity index (χ2n) is 2.63. The third kappa shape index (κ3) is 1.85. The van der Waals surface area contributed by atoms with Crippen molar-refractivity contribution in [2.75, 3.05) is 0 Å². The Morgan fingerprint density at radius 1 is 1.07 bits per heavy atom. The summed E-state index contributed by atoms with van der Waals surface area (Å²) in [4.78, 5) is 21.7. The summed E-state index contributed by atoms with van der Waals surface area (Å²) in [5, 5.41) is 17.7. The van der Waals surface area contributed by atoms with Gasteiger partial charge in [-0.25, -0.2) is 0 Å². The predicted octanol–water partition coefficient (Wildman–Crippen LogP) is 1.60. The molecule has 1 aromatic carbocycles. The van der Waals surface area contributed by atoms with Gasteiger partial charge in [0.2, 0.25) is 0 Å². The molecule has 74 valence electrons. The van der Waals surface area contributed by atoms with Crippen LogP contribution in [0.3, 0.4) is 0 Å². The Balaban J connectivity index is 3.27. The van der Waals surface area contributed by atoms with E-state index in [2.05, 4.69) is 0 Å². The molecular formula is C8H7ClO4Sn. The zero-order valence-electron chi connectivity index (χ0n) is 6.98. The Labute approximate surface area is 87.7 Å². The molecule has 0 radical (unpaired) electrons. The molecule has 1 aromatic rings. The SMILES string of the molecule is O=[C](O)[Sn]([Cl])([C](=O)O)[c]1ccccc1. The summed E-state index contributed by atoms with van der Waals surface area (Å²) in [5.41, 5.74) is 0. The van der Waals surface area contributed by atoms with Crippen molar-refractivity contribution in [3.63, 3.8) is 0 Å². The number of hydrogen-bond acceptors (Lipinski definition) is 2. The summed E-state index contributed by atoms with van der Waals surface area (Å²) < 4.78 is -2.54. The summed E-state index contributed by atoms with van der Waals surface area (Å²) >= 11 is -4.78. The van der Waals surface area contributed by atoms with Gasteiger partial charge < -0.3 is 0 Å². The van der Waals surface area contributed by atoms with Gasteiger partial charge in [-0.3, -0.25) is 0 Å². The predicted molar refractivity (Wildman–Crippen MR) is 53.7 cm³/mol. The molecule has 0 unspecified atom stereocenters. The Morgan fingerprint density at radius 3 is 1.86 bits per heavy atom. The Kier molecular flexibility index (Phi) is 3.38. The molecule has 0 aliphatic rings. The zero-order chi connectivity index (χ0) is 10.8. The molecular weight excluding hydrogens is 314 g/mol. The molecule has 0 fully saturated rings.